The van der Waals surface area contributed by atoms with Crippen LogP contribution in [0.15, 0.2) is 88.6 Å². The van der Waals surface area contributed by atoms with Crippen LogP contribution in [0.2, 0.25) is 0 Å². The zero-order valence-corrected chi connectivity index (χ0v) is 18.4. The zero-order valence-electron chi connectivity index (χ0n) is 18.4. The van der Waals surface area contributed by atoms with E-state index in [0.29, 0.717) is 0 Å². The summed E-state index contributed by atoms with van der Waals surface area (Å²) < 4.78 is 0. The molecule has 0 aliphatic heterocycles. The minimum atomic E-state index is 0.0570. The summed E-state index contributed by atoms with van der Waals surface area (Å²) >= 11 is 0. The van der Waals surface area contributed by atoms with Crippen LogP contribution in [0.25, 0.3) is 6.08 Å². The van der Waals surface area contributed by atoms with Gasteiger partial charge in [0.05, 0.1) is 17.1 Å². The van der Waals surface area contributed by atoms with Gasteiger partial charge in [0.25, 0.3) is 0 Å². The lowest BCUT2D eigenvalue weighted by Crippen LogP contribution is -2.18. The predicted molar refractivity (Wildman–Crippen MR) is 125 cm³/mol. The maximum absolute atomic E-state index is 4.57. The fraction of sp³-hybridized carbons (Fsp3) is 0.320. The Morgan fingerprint density at radius 2 is 1.71 bits per heavy atom. The van der Waals surface area contributed by atoms with Gasteiger partial charge < -0.3 is 10.6 Å². The first-order valence-corrected chi connectivity index (χ1v) is 9.68. The minimum Gasteiger partial charge on any atom is -0.360 e. The number of hydrogen-bond donors (Lipinski definition) is 2. The molecule has 0 amide bonds. The summed E-state index contributed by atoms with van der Waals surface area (Å²) in [6.45, 7) is 18.9. The van der Waals surface area contributed by atoms with Crippen LogP contribution in [0.1, 0.15) is 54.0 Å². The van der Waals surface area contributed by atoms with Crippen molar-refractivity contribution in [3.8, 4) is 0 Å². The molecule has 1 aromatic carbocycles. The first-order chi connectivity index (χ1) is 13.2. The van der Waals surface area contributed by atoms with Gasteiger partial charge in [-0.05, 0) is 62.6 Å². The van der Waals surface area contributed by atoms with Crippen molar-refractivity contribution >= 4 is 12.3 Å². The molecule has 0 heterocycles. The van der Waals surface area contributed by atoms with Crippen molar-refractivity contribution in [2.24, 2.45) is 10.4 Å². The van der Waals surface area contributed by atoms with Crippen LogP contribution in [0.4, 0.5) is 0 Å². The molecule has 0 fully saturated rings. The second-order valence-corrected chi connectivity index (χ2v) is 7.69. The molecule has 0 atom stereocenters. The van der Waals surface area contributed by atoms with Crippen molar-refractivity contribution < 1.29 is 0 Å². The summed E-state index contributed by atoms with van der Waals surface area (Å²) in [6, 6.07) is 10.2. The number of nitrogens with zero attached hydrogens (tertiary/aromatic N) is 1. The van der Waals surface area contributed by atoms with Crippen molar-refractivity contribution in [3.05, 3.63) is 89.2 Å². The highest BCUT2D eigenvalue weighted by Crippen LogP contribution is 2.28. The molecule has 0 saturated carbocycles. The first-order valence-electron chi connectivity index (χ1n) is 9.68. The maximum atomic E-state index is 4.57. The molecule has 0 spiro atoms. The third-order valence-electron chi connectivity index (χ3n) is 4.32. The third-order valence-corrected chi connectivity index (χ3v) is 4.32. The molecule has 0 radical (unpaired) electrons. The third kappa shape index (κ3) is 7.83. The van der Waals surface area contributed by atoms with E-state index in [9.17, 15) is 0 Å². The van der Waals surface area contributed by atoms with Crippen molar-refractivity contribution in [1.29, 1.82) is 0 Å². The quantitative estimate of drug-likeness (QED) is 0.397. The fourth-order valence-electron chi connectivity index (χ4n) is 2.42. The Morgan fingerprint density at radius 3 is 2.25 bits per heavy atom. The molecule has 1 aromatic rings. The lowest BCUT2D eigenvalue weighted by molar-refractivity contribution is 0.499. The van der Waals surface area contributed by atoms with E-state index in [4.69, 9.17) is 0 Å². The van der Waals surface area contributed by atoms with Crippen LogP contribution >= 0.6 is 0 Å². The first kappa shape index (κ1) is 23.2. The second kappa shape index (κ2) is 11.1. The van der Waals surface area contributed by atoms with E-state index in [2.05, 4.69) is 74.2 Å². The SMILES string of the molecule is C=C(N/C(C)=C\C(N=CC)=C(\C)C(C)(C)C)/C(=C/c1ccccc1)N/C=C\C. The summed E-state index contributed by atoms with van der Waals surface area (Å²) in [5, 5.41) is 6.70. The van der Waals surface area contributed by atoms with E-state index in [1.807, 2.05) is 57.5 Å². The summed E-state index contributed by atoms with van der Waals surface area (Å²) in [4.78, 5) is 4.57. The standard InChI is InChI=1S/C25H35N3/c1-9-16-27-24(18-22-14-12-11-13-15-22)21(5)28-19(3)17-23(26-10-2)20(4)25(6,7)8/h9-18,27-28H,5H2,1-4,6-8H3/b16-9-,19-17-,23-20+,24-18-,26-10?. The number of hydrogen-bond acceptors (Lipinski definition) is 3. The summed E-state index contributed by atoms with van der Waals surface area (Å²) in [5.41, 5.74) is 6.07. The van der Waals surface area contributed by atoms with Gasteiger partial charge in [-0.15, -0.1) is 0 Å². The van der Waals surface area contributed by atoms with Gasteiger partial charge >= 0.3 is 0 Å². The molecule has 0 saturated heterocycles. The fourth-order valence-corrected chi connectivity index (χ4v) is 2.42. The average Bonchev–Trinajstić information content (AvgIpc) is 2.64. The van der Waals surface area contributed by atoms with Gasteiger partial charge in [0, 0.05) is 11.9 Å². The van der Waals surface area contributed by atoms with E-state index >= 15 is 0 Å². The van der Waals surface area contributed by atoms with Crippen molar-refractivity contribution in [3.63, 3.8) is 0 Å². The number of rotatable bonds is 8. The lowest BCUT2D eigenvalue weighted by atomic mass is 9.86. The molecule has 150 valence electrons. The Bertz CT molecular complexity index is 798. The van der Waals surface area contributed by atoms with Crippen LogP contribution < -0.4 is 10.6 Å². The Morgan fingerprint density at radius 1 is 1.07 bits per heavy atom. The van der Waals surface area contributed by atoms with Crippen LogP contribution in [-0.4, -0.2) is 6.21 Å². The van der Waals surface area contributed by atoms with Gasteiger partial charge in [-0.2, -0.15) is 0 Å². The maximum Gasteiger partial charge on any atom is 0.0637 e. The van der Waals surface area contributed by atoms with Crippen molar-refractivity contribution in [2.45, 2.75) is 48.5 Å². The van der Waals surface area contributed by atoms with E-state index in [1.165, 1.54) is 5.57 Å². The van der Waals surface area contributed by atoms with Gasteiger partial charge in [0.2, 0.25) is 0 Å². The normalized spacial score (nSPS) is 14.4. The van der Waals surface area contributed by atoms with Gasteiger partial charge in [0.1, 0.15) is 0 Å². The van der Waals surface area contributed by atoms with E-state index in [0.717, 1.165) is 28.4 Å². The molecule has 0 unspecified atom stereocenters. The van der Waals surface area contributed by atoms with E-state index in [-0.39, 0.29) is 5.41 Å². The molecule has 2 N–H and O–H groups in total. The number of aliphatic imine (C=N–C) groups is 1. The largest absolute Gasteiger partial charge is 0.360 e. The molecule has 0 aromatic heterocycles. The average molecular weight is 378 g/mol. The Balaban J connectivity index is 3.15. The number of benzene rings is 1. The molecular weight excluding hydrogens is 342 g/mol. The topological polar surface area (TPSA) is 36.4 Å². The zero-order chi connectivity index (χ0) is 21.2. The molecule has 3 nitrogen and oxygen atoms in total. The highest BCUT2D eigenvalue weighted by Gasteiger charge is 2.16. The van der Waals surface area contributed by atoms with Gasteiger partial charge in [-0.25, -0.2) is 0 Å². The molecular formula is C25H35N3. The Hall–Kier alpha value is -2.81. The predicted octanol–water partition coefficient (Wildman–Crippen LogP) is 6.57. The van der Waals surface area contributed by atoms with Crippen LogP contribution in [0, 0.1) is 5.41 Å². The summed E-state index contributed by atoms with van der Waals surface area (Å²) in [7, 11) is 0. The van der Waals surface area contributed by atoms with Crippen molar-refractivity contribution in [2.75, 3.05) is 0 Å². The molecule has 28 heavy (non-hydrogen) atoms. The van der Waals surface area contributed by atoms with Crippen molar-refractivity contribution in [1.82, 2.24) is 10.6 Å². The van der Waals surface area contributed by atoms with E-state index < -0.39 is 0 Å². The van der Waals surface area contributed by atoms with Gasteiger partial charge in [0.15, 0.2) is 0 Å². The van der Waals surface area contributed by atoms with Crippen LogP contribution in [0.3, 0.4) is 0 Å². The lowest BCUT2D eigenvalue weighted by Gasteiger charge is -2.21. The molecule has 0 aliphatic rings. The molecule has 0 bridgehead atoms. The minimum absolute atomic E-state index is 0.0570. The number of allylic oxidation sites excluding steroid dienone is 4. The summed E-state index contributed by atoms with van der Waals surface area (Å²) in [6.07, 6.45) is 9.83. The second-order valence-electron chi connectivity index (χ2n) is 7.69. The highest BCUT2D eigenvalue weighted by molar-refractivity contribution is 5.58. The number of nitrogens with one attached hydrogen (secondary N) is 2. The smallest absolute Gasteiger partial charge is 0.0637 e. The van der Waals surface area contributed by atoms with Crippen LogP contribution in [0.5, 0.6) is 0 Å². The molecule has 0 aliphatic carbocycles. The van der Waals surface area contributed by atoms with E-state index in [1.54, 1.807) is 0 Å². The monoisotopic (exact) mass is 377 g/mol. The van der Waals surface area contributed by atoms with Gasteiger partial charge in [-0.1, -0.05) is 63.8 Å². The highest BCUT2D eigenvalue weighted by atomic mass is 15.0. The molecule has 3 heteroatoms. The summed E-state index contributed by atoms with van der Waals surface area (Å²) in [5.74, 6) is 0. The van der Waals surface area contributed by atoms with Gasteiger partial charge in [-0.3, -0.25) is 4.99 Å². The molecule has 1 rings (SSSR count). The Kier molecular flexibility index (Phi) is 9.23. The van der Waals surface area contributed by atoms with Crippen LogP contribution in [-0.2, 0) is 0 Å². The Labute approximate surface area is 171 Å².